The van der Waals surface area contributed by atoms with Crippen LogP contribution in [0.3, 0.4) is 0 Å². The Hall–Kier alpha value is -4.20. The molecular weight excluding hydrogens is 604 g/mol. The molecule has 244 valence electrons. The number of primary amides is 1. The molecule has 45 heavy (non-hydrogen) atoms. The van der Waals surface area contributed by atoms with Crippen molar-refractivity contribution < 1.29 is 33.8 Å². The number of rotatable bonds is 13. The van der Waals surface area contributed by atoms with Crippen LogP contribution in [0.15, 0.2) is 54.6 Å². The van der Waals surface area contributed by atoms with Crippen molar-refractivity contribution >= 4 is 46.7 Å². The van der Waals surface area contributed by atoms with Crippen LogP contribution in [0.4, 0.5) is 5.69 Å². The Balaban J connectivity index is 1.90. The third kappa shape index (κ3) is 8.29. The molecule has 0 radical (unpaired) electrons. The molecule has 0 aliphatic carbocycles. The van der Waals surface area contributed by atoms with Crippen LogP contribution in [-0.2, 0) is 30.4 Å². The lowest BCUT2D eigenvalue weighted by Gasteiger charge is -2.43. The smallest absolute Gasteiger partial charge is 0.276 e. The summed E-state index contributed by atoms with van der Waals surface area (Å²) < 4.78 is 5.41. The topological polar surface area (TPSA) is 220 Å². The molecule has 14 heteroatoms. The third-order valence-electron chi connectivity index (χ3n) is 7.32. The van der Waals surface area contributed by atoms with E-state index < -0.39 is 77.2 Å². The first-order valence-electron chi connectivity index (χ1n) is 14.4. The van der Waals surface area contributed by atoms with Gasteiger partial charge in [-0.3, -0.25) is 24.0 Å². The fourth-order valence-electron chi connectivity index (χ4n) is 5.10. The van der Waals surface area contributed by atoms with Gasteiger partial charge in [0.1, 0.15) is 5.75 Å². The Morgan fingerprint density at radius 3 is 2.29 bits per heavy atom. The van der Waals surface area contributed by atoms with Crippen molar-refractivity contribution in [1.29, 1.82) is 0 Å². The average molecular weight is 645 g/mol. The van der Waals surface area contributed by atoms with Gasteiger partial charge >= 0.3 is 0 Å². The third-order valence-corrected chi connectivity index (χ3v) is 7.81. The van der Waals surface area contributed by atoms with Crippen LogP contribution in [0.5, 0.6) is 5.75 Å². The van der Waals surface area contributed by atoms with Crippen LogP contribution in [0, 0.1) is 0 Å². The Labute approximate surface area is 266 Å². The van der Waals surface area contributed by atoms with E-state index in [4.69, 9.17) is 33.5 Å². The summed E-state index contributed by atoms with van der Waals surface area (Å²) in [7, 11) is 0. The molecule has 1 aliphatic rings. The van der Waals surface area contributed by atoms with Gasteiger partial charge in [0.2, 0.25) is 17.5 Å². The number of nitrogen functional groups attached to an aromatic ring is 1. The minimum atomic E-state index is -2.99. The Morgan fingerprint density at radius 2 is 1.71 bits per heavy atom. The molecule has 1 heterocycles. The first kappa shape index (κ1) is 35.3. The summed E-state index contributed by atoms with van der Waals surface area (Å²) in [5.41, 5.74) is 12.5. The number of nitrogens with one attached hydrogen (secondary N) is 2. The number of hydrogen-bond acceptors (Lipinski definition) is 9. The van der Waals surface area contributed by atoms with E-state index in [9.17, 15) is 29.1 Å². The van der Waals surface area contributed by atoms with E-state index in [1.807, 2.05) is 30.3 Å². The highest BCUT2D eigenvalue weighted by molar-refractivity contribution is 6.26. The average Bonchev–Trinajstić information content (AvgIpc) is 3.18. The number of carbonyl (C=O) groups excluding carboxylic acids is 5. The molecule has 0 bridgehead atoms. The number of benzene rings is 2. The summed E-state index contributed by atoms with van der Waals surface area (Å²) >= 11 is 6.61. The molecule has 4 atom stereocenters. The van der Waals surface area contributed by atoms with Crippen LogP contribution in [-0.4, -0.2) is 80.8 Å². The van der Waals surface area contributed by atoms with Crippen molar-refractivity contribution in [2.24, 2.45) is 11.5 Å². The zero-order valence-corrected chi connectivity index (χ0v) is 26.3. The molecule has 4 amide bonds. The summed E-state index contributed by atoms with van der Waals surface area (Å²) in [5.74, 6) is -4.52. The monoisotopic (exact) mass is 644 g/mol. The second kappa shape index (κ2) is 14.3. The fraction of sp³-hybridized carbons (Fsp3) is 0.452. The van der Waals surface area contributed by atoms with Crippen molar-refractivity contribution in [3.8, 4) is 5.75 Å². The molecule has 1 aliphatic heterocycles. The van der Waals surface area contributed by atoms with E-state index in [0.717, 1.165) is 10.5 Å². The van der Waals surface area contributed by atoms with E-state index in [1.54, 1.807) is 32.9 Å². The standard InChI is InChI=1S/C31H41ClN6O7/c1-29(2,3)37-28(43)31(44)30(35,23(32)17-38(31)26(41)11-7-10-19-8-5-4-6-9-19)27(42)22(16-24(34)39)36-25(40)18-45-21-14-12-20(33)13-15-21/h4-6,8-9,12-15,22-23,44H,7,10-11,16-18,33,35H2,1-3H3,(H2,34,39)(H,36,40)(H,37,43)/t22-,23?,30?,31-/m0/s1. The van der Waals surface area contributed by atoms with Crippen molar-refractivity contribution in [2.75, 3.05) is 18.9 Å². The number of aliphatic hydroxyl groups is 1. The van der Waals surface area contributed by atoms with Gasteiger partial charge in [-0.15, -0.1) is 11.6 Å². The first-order chi connectivity index (χ1) is 21.0. The maximum absolute atomic E-state index is 14.1. The van der Waals surface area contributed by atoms with Crippen molar-refractivity contribution in [1.82, 2.24) is 15.5 Å². The molecule has 3 rings (SSSR count). The number of nitrogens with two attached hydrogens (primary N) is 3. The van der Waals surface area contributed by atoms with E-state index in [2.05, 4.69) is 10.6 Å². The second-order valence-corrected chi connectivity index (χ2v) is 12.6. The van der Waals surface area contributed by atoms with Gasteiger partial charge in [-0.1, -0.05) is 30.3 Å². The molecule has 2 aromatic carbocycles. The summed E-state index contributed by atoms with van der Waals surface area (Å²) in [6.45, 7) is 3.84. The first-order valence-corrected chi connectivity index (χ1v) is 14.8. The van der Waals surface area contributed by atoms with Crippen molar-refractivity contribution in [2.45, 2.75) is 74.7 Å². The highest BCUT2D eigenvalue weighted by Crippen LogP contribution is 2.41. The van der Waals surface area contributed by atoms with Gasteiger partial charge in [-0.25, -0.2) is 0 Å². The number of amides is 4. The molecule has 13 nitrogen and oxygen atoms in total. The predicted molar refractivity (Wildman–Crippen MR) is 168 cm³/mol. The Kier molecular flexibility index (Phi) is 11.2. The predicted octanol–water partition coefficient (Wildman–Crippen LogP) is 0.350. The molecule has 9 N–H and O–H groups in total. The fourth-order valence-corrected chi connectivity index (χ4v) is 5.49. The number of alkyl halides is 1. The van der Waals surface area contributed by atoms with Crippen LogP contribution < -0.4 is 32.6 Å². The number of ether oxygens (including phenoxy) is 1. The van der Waals surface area contributed by atoms with Gasteiger partial charge in [-0.2, -0.15) is 0 Å². The number of carbonyl (C=O) groups is 5. The minimum absolute atomic E-state index is 0.0994. The molecule has 0 saturated carbocycles. The van der Waals surface area contributed by atoms with Gasteiger partial charge < -0.3 is 42.6 Å². The number of anilines is 1. The minimum Gasteiger partial charge on any atom is -0.484 e. The number of Topliss-reactive ketones (excluding diaryl/α,β-unsaturated/α-hetero) is 1. The number of hydrogen-bond donors (Lipinski definition) is 6. The number of nitrogens with zero attached hydrogens (tertiary/aromatic N) is 1. The van der Waals surface area contributed by atoms with E-state index in [1.165, 1.54) is 12.1 Å². The number of aryl methyl sites for hydroxylation is 1. The molecule has 1 saturated heterocycles. The molecule has 2 unspecified atom stereocenters. The maximum Gasteiger partial charge on any atom is 0.276 e. The zero-order chi connectivity index (χ0) is 33.6. The normalized spacial score (nSPS) is 21.9. The van der Waals surface area contributed by atoms with Gasteiger partial charge in [0.15, 0.2) is 17.9 Å². The van der Waals surface area contributed by atoms with Gasteiger partial charge in [-0.05, 0) is 63.4 Å². The van der Waals surface area contributed by atoms with Crippen LogP contribution >= 0.6 is 11.6 Å². The summed E-state index contributed by atoms with van der Waals surface area (Å²) in [6.07, 6.45) is 0.0626. The SMILES string of the molecule is CC(C)(C)NC(=O)[C@@]1(O)N(C(=O)CCCc2ccccc2)CC(Cl)C1(N)C(=O)[C@H](CC(N)=O)NC(=O)COc1ccc(N)cc1. The lowest BCUT2D eigenvalue weighted by atomic mass is 9.78. The van der Waals surface area contributed by atoms with Gasteiger partial charge in [0.25, 0.3) is 11.8 Å². The van der Waals surface area contributed by atoms with Gasteiger partial charge in [0.05, 0.1) is 17.8 Å². The summed E-state index contributed by atoms with van der Waals surface area (Å²) in [5, 5.41) is 15.5. The highest BCUT2D eigenvalue weighted by Gasteiger charge is 2.71. The van der Waals surface area contributed by atoms with E-state index >= 15 is 0 Å². The Bertz CT molecular complexity index is 1400. The summed E-state index contributed by atoms with van der Waals surface area (Å²) in [6, 6.07) is 13.9. The van der Waals surface area contributed by atoms with E-state index in [-0.39, 0.29) is 6.42 Å². The molecule has 0 spiro atoms. The van der Waals surface area contributed by atoms with Crippen LogP contribution in [0.2, 0.25) is 0 Å². The lowest BCUT2D eigenvalue weighted by Crippen LogP contribution is -2.78. The van der Waals surface area contributed by atoms with Crippen LogP contribution in [0.25, 0.3) is 0 Å². The number of halogens is 1. The maximum atomic E-state index is 14.1. The summed E-state index contributed by atoms with van der Waals surface area (Å²) in [4.78, 5) is 67.1. The quantitative estimate of drug-likeness (QED) is 0.131. The van der Waals surface area contributed by atoms with Gasteiger partial charge in [0, 0.05) is 24.2 Å². The number of likely N-dealkylation sites (tertiary alicyclic amines) is 1. The van der Waals surface area contributed by atoms with Crippen molar-refractivity contribution in [3.63, 3.8) is 0 Å². The second-order valence-electron chi connectivity index (χ2n) is 12.1. The molecule has 1 fully saturated rings. The van der Waals surface area contributed by atoms with Crippen LogP contribution in [0.1, 0.15) is 45.6 Å². The van der Waals surface area contributed by atoms with E-state index in [0.29, 0.717) is 24.3 Å². The Morgan fingerprint density at radius 1 is 1.09 bits per heavy atom. The molecular formula is C31H41ClN6O7. The lowest BCUT2D eigenvalue weighted by molar-refractivity contribution is -0.181. The molecule has 2 aromatic rings. The molecule has 0 aromatic heterocycles. The number of ketones is 1. The van der Waals surface area contributed by atoms with Crippen molar-refractivity contribution in [3.05, 3.63) is 60.2 Å². The zero-order valence-electron chi connectivity index (χ0n) is 25.5. The largest absolute Gasteiger partial charge is 0.484 e. The highest BCUT2D eigenvalue weighted by atomic mass is 35.5.